The SMILES string of the molecule is CCCC[C@H]1CN(C(=O)c2cccc3ccccc23)CCN1CCCc1c[nH]cn1.CCCC[C@H]1CN(C(=O)c2cccc3ccccc23)CCN1Cc1cncn1Cc1cccc2ccccc12. The smallest absolute Gasteiger partial charge is 0.254 e. The van der Waals surface area contributed by atoms with Gasteiger partial charge in [0.05, 0.1) is 24.0 Å². The number of fused-ring (bicyclic) bond motifs is 3. The zero-order valence-corrected chi connectivity index (χ0v) is 40.6. The minimum absolute atomic E-state index is 0.147. The van der Waals surface area contributed by atoms with Crippen molar-refractivity contribution in [3.05, 3.63) is 181 Å². The summed E-state index contributed by atoms with van der Waals surface area (Å²) in [4.78, 5) is 48.3. The van der Waals surface area contributed by atoms with Crippen molar-refractivity contribution >= 4 is 44.1 Å². The predicted octanol–water partition coefficient (Wildman–Crippen LogP) is 11.3. The van der Waals surface area contributed by atoms with E-state index in [1.54, 1.807) is 6.33 Å². The Morgan fingerprint density at radius 2 is 1.13 bits per heavy atom. The topological polar surface area (TPSA) is 93.6 Å². The lowest BCUT2D eigenvalue weighted by molar-refractivity contribution is 0.0429. The molecule has 0 bridgehead atoms. The first-order valence-corrected chi connectivity index (χ1v) is 25.4. The fourth-order valence-corrected chi connectivity index (χ4v) is 10.6. The van der Waals surface area contributed by atoms with Crippen LogP contribution in [0, 0.1) is 0 Å². The van der Waals surface area contributed by atoms with E-state index in [4.69, 9.17) is 0 Å². The third-order valence-corrected chi connectivity index (χ3v) is 14.4. The molecule has 0 spiro atoms. The van der Waals surface area contributed by atoms with Crippen molar-refractivity contribution in [2.24, 2.45) is 0 Å². The molecular weight excluding hydrogens is 853 g/mol. The van der Waals surface area contributed by atoms with Crippen molar-refractivity contribution in [1.29, 1.82) is 0 Å². The molecule has 10 heteroatoms. The summed E-state index contributed by atoms with van der Waals surface area (Å²) in [7, 11) is 0. The molecule has 69 heavy (non-hydrogen) atoms. The normalized spacial score (nSPS) is 16.8. The zero-order chi connectivity index (χ0) is 47.4. The number of carbonyl (C=O) groups excluding carboxylic acids is 2. The number of H-pyrrole nitrogens is 1. The number of rotatable bonds is 16. The molecule has 2 aliphatic heterocycles. The van der Waals surface area contributed by atoms with Gasteiger partial charge in [-0.15, -0.1) is 0 Å². The third kappa shape index (κ3) is 11.5. The first kappa shape index (κ1) is 47.4. The lowest BCUT2D eigenvalue weighted by atomic mass is 10.0. The summed E-state index contributed by atoms with van der Waals surface area (Å²) in [5.41, 5.74) is 5.29. The van der Waals surface area contributed by atoms with Gasteiger partial charge in [0.1, 0.15) is 0 Å². The molecule has 6 aromatic carbocycles. The molecular formula is C59H68N8O2. The summed E-state index contributed by atoms with van der Waals surface area (Å²) in [6.45, 7) is 12.1. The van der Waals surface area contributed by atoms with E-state index in [0.29, 0.717) is 12.1 Å². The van der Waals surface area contributed by atoms with Crippen LogP contribution in [-0.2, 0) is 19.5 Å². The van der Waals surface area contributed by atoms with Crippen molar-refractivity contribution in [2.45, 2.75) is 90.4 Å². The summed E-state index contributed by atoms with van der Waals surface area (Å²) < 4.78 is 2.28. The molecule has 8 aromatic rings. The standard InChI is InChI=1S/C34H36N4O.C25H32N4O/c1-2-3-15-29-23-37(34(39)33-18-9-13-27-11-5-7-17-32(27)33)20-19-36(29)24-30-21-35-25-38(30)22-28-14-8-12-26-10-4-6-16-31(26)28;1-2-3-11-22-18-29(16-15-28(22)14-7-10-21-17-26-19-27-21)25(30)24-13-6-9-20-8-4-5-12-23(20)24/h4-14,16-18,21,25,29H,2-3,15,19-20,22-24H2,1H3;4-6,8-9,12-13,17,19,22H,2-3,7,10-11,14-16,18H2,1H3,(H,26,27)/t29-;22-/m00/s1. The average Bonchev–Trinajstić information content (AvgIpc) is 4.09. The minimum atomic E-state index is 0.147. The number of nitrogens with zero attached hydrogens (tertiary/aromatic N) is 7. The Balaban J connectivity index is 0.000000178. The largest absolute Gasteiger partial charge is 0.351 e. The number of aryl methyl sites for hydroxylation is 1. The number of amides is 2. The number of piperazine rings is 2. The van der Waals surface area contributed by atoms with Gasteiger partial charge in [-0.3, -0.25) is 19.4 Å². The van der Waals surface area contributed by atoms with Crippen molar-refractivity contribution in [3.63, 3.8) is 0 Å². The molecule has 4 heterocycles. The van der Waals surface area contributed by atoms with Gasteiger partial charge in [-0.2, -0.15) is 0 Å². The van der Waals surface area contributed by atoms with Crippen molar-refractivity contribution in [1.82, 2.24) is 39.1 Å². The second-order valence-electron chi connectivity index (χ2n) is 19.0. The summed E-state index contributed by atoms with van der Waals surface area (Å²) in [5, 5.41) is 6.89. The maximum absolute atomic E-state index is 13.7. The highest BCUT2D eigenvalue weighted by Crippen LogP contribution is 2.27. The van der Waals surface area contributed by atoms with Gasteiger partial charge in [-0.1, -0.05) is 155 Å². The van der Waals surface area contributed by atoms with E-state index >= 15 is 0 Å². The second-order valence-corrected chi connectivity index (χ2v) is 19.0. The van der Waals surface area contributed by atoms with Crippen molar-refractivity contribution in [3.8, 4) is 0 Å². The lowest BCUT2D eigenvalue weighted by Crippen LogP contribution is -2.54. The molecule has 2 saturated heterocycles. The highest BCUT2D eigenvalue weighted by atomic mass is 16.2. The van der Waals surface area contributed by atoms with Gasteiger partial charge in [0.25, 0.3) is 11.8 Å². The highest BCUT2D eigenvalue weighted by molar-refractivity contribution is 6.08. The molecule has 2 aliphatic rings. The molecule has 10 rings (SSSR count). The fraction of sp³-hybridized carbons (Fsp3) is 0.356. The van der Waals surface area contributed by atoms with Crippen LogP contribution in [0.3, 0.4) is 0 Å². The Hall–Kier alpha value is -6.62. The number of hydrogen-bond acceptors (Lipinski definition) is 6. The number of benzene rings is 6. The van der Waals surface area contributed by atoms with Crippen LogP contribution in [0.2, 0.25) is 0 Å². The van der Waals surface area contributed by atoms with Crippen LogP contribution in [0.15, 0.2) is 152 Å². The van der Waals surface area contributed by atoms with Crippen LogP contribution in [0.4, 0.5) is 0 Å². The van der Waals surface area contributed by atoms with E-state index in [1.165, 1.54) is 34.9 Å². The van der Waals surface area contributed by atoms with Gasteiger partial charge in [0.15, 0.2) is 0 Å². The number of hydrogen-bond donors (Lipinski definition) is 1. The number of carbonyl (C=O) groups is 2. The third-order valence-electron chi connectivity index (χ3n) is 14.4. The molecule has 1 N–H and O–H groups in total. The van der Waals surface area contributed by atoms with Crippen LogP contribution in [0.25, 0.3) is 32.3 Å². The van der Waals surface area contributed by atoms with Crippen LogP contribution >= 0.6 is 0 Å². The van der Waals surface area contributed by atoms with Crippen LogP contribution in [0.5, 0.6) is 0 Å². The molecule has 2 atom stereocenters. The van der Waals surface area contributed by atoms with Gasteiger partial charge in [-0.25, -0.2) is 9.97 Å². The first-order chi connectivity index (χ1) is 34.0. The molecule has 10 nitrogen and oxygen atoms in total. The summed E-state index contributed by atoms with van der Waals surface area (Å²) in [6, 6.07) is 44.3. The molecule has 2 amide bonds. The number of aromatic amines is 1. The van der Waals surface area contributed by atoms with E-state index in [0.717, 1.165) is 136 Å². The quantitative estimate of drug-likeness (QED) is 0.104. The number of imidazole rings is 2. The van der Waals surface area contributed by atoms with Gasteiger partial charge in [0.2, 0.25) is 0 Å². The Bertz CT molecular complexity index is 2910. The predicted molar refractivity (Wildman–Crippen MR) is 280 cm³/mol. The second kappa shape index (κ2) is 23.1. The molecule has 2 aromatic heterocycles. The minimum Gasteiger partial charge on any atom is -0.351 e. The van der Waals surface area contributed by atoms with Crippen LogP contribution < -0.4 is 0 Å². The van der Waals surface area contributed by atoms with Gasteiger partial charge in [0, 0.05) is 88.0 Å². The first-order valence-electron chi connectivity index (χ1n) is 25.4. The van der Waals surface area contributed by atoms with E-state index < -0.39 is 0 Å². The number of aromatic nitrogens is 4. The van der Waals surface area contributed by atoms with E-state index in [-0.39, 0.29) is 11.8 Å². The van der Waals surface area contributed by atoms with E-state index in [2.05, 4.69) is 132 Å². The lowest BCUT2D eigenvalue weighted by Gasteiger charge is -2.42. The number of unbranched alkanes of at least 4 members (excludes halogenated alkanes) is 2. The Labute approximate surface area is 408 Å². The van der Waals surface area contributed by atoms with Crippen molar-refractivity contribution < 1.29 is 9.59 Å². The van der Waals surface area contributed by atoms with Gasteiger partial charge < -0.3 is 19.4 Å². The highest BCUT2D eigenvalue weighted by Gasteiger charge is 2.32. The molecule has 0 unspecified atom stereocenters. The Morgan fingerprint density at radius 1 is 0.594 bits per heavy atom. The summed E-state index contributed by atoms with van der Waals surface area (Å²) >= 11 is 0. The molecule has 2 fully saturated rings. The average molecular weight is 921 g/mol. The Kier molecular flexibility index (Phi) is 15.9. The van der Waals surface area contributed by atoms with E-state index in [9.17, 15) is 9.59 Å². The fourth-order valence-electron chi connectivity index (χ4n) is 10.6. The zero-order valence-electron chi connectivity index (χ0n) is 40.6. The molecule has 356 valence electrons. The summed E-state index contributed by atoms with van der Waals surface area (Å²) in [6.07, 6.45) is 16.7. The van der Waals surface area contributed by atoms with Gasteiger partial charge >= 0.3 is 0 Å². The van der Waals surface area contributed by atoms with Crippen LogP contribution in [0.1, 0.15) is 96.5 Å². The Morgan fingerprint density at radius 3 is 1.72 bits per heavy atom. The number of nitrogens with one attached hydrogen (secondary N) is 1. The molecule has 0 aliphatic carbocycles. The molecule has 0 radical (unpaired) electrons. The molecule has 0 saturated carbocycles. The van der Waals surface area contributed by atoms with E-state index in [1.807, 2.05) is 67.3 Å². The maximum Gasteiger partial charge on any atom is 0.254 e. The maximum atomic E-state index is 13.7. The van der Waals surface area contributed by atoms with Crippen LogP contribution in [-0.4, -0.2) is 109 Å². The summed E-state index contributed by atoms with van der Waals surface area (Å²) in [5.74, 6) is 0.318. The van der Waals surface area contributed by atoms with Gasteiger partial charge in [-0.05, 0) is 82.2 Å². The monoisotopic (exact) mass is 921 g/mol. The van der Waals surface area contributed by atoms with Crippen molar-refractivity contribution in [2.75, 3.05) is 45.8 Å².